The van der Waals surface area contributed by atoms with Gasteiger partial charge < -0.3 is 10.1 Å². The van der Waals surface area contributed by atoms with Crippen LogP contribution in [-0.4, -0.2) is 43.2 Å². The normalized spacial score (nSPS) is 23.5. The van der Waals surface area contributed by atoms with Crippen LogP contribution < -0.4 is 5.32 Å². The van der Waals surface area contributed by atoms with E-state index in [2.05, 4.69) is 34.5 Å². The smallest absolute Gasteiger partial charge is 0.223 e. The van der Waals surface area contributed by atoms with Crippen LogP contribution in [0.1, 0.15) is 31.2 Å². The van der Waals surface area contributed by atoms with Crippen LogP contribution >= 0.6 is 0 Å². The van der Waals surface area contributed by atoms with E-state index in [4.69, 9.17) is 4.74 Å². The molecule has 1 aliphatic heterocycles. The number of benzene rings is 1. The van der Waals surface area contributed by atoms with Crippen LogP contribution in [0, 0.1) is 5.92 Å². The first-order chi connectivity index (χ1) is 10.8. The highest BCUT2D eigenvalue weighted by Crippen LogP contribution is 2.24. The van der Waals surface area contributed by atoms with Crippen molar-refractivity contribution in [2.75, 3.05) is 26.2 Å². The molecule has 1 aliphatic carbocycles. The molecule has 2 aliphatic rings. The molecule has 1 aromatic carbocycles. The number of ether oxygens (including phenoxy) is 1. The lowest BCUT2D eigenvalue weighted by Crippen LogP contribution is -2.47. The molecule has 1 aromatic rings. The average molecular weight is 302 g/mol. The van der Waals surface area contributed by atoms with Gasteiger partial charge in [-0.2, -0.15) is 0 Å². The molecule has 1 N–H and O–H groups in total. The minimum Gasteiger partial charge on any atom is -0.374 e. The molecule has 120 valence electrons. The van der Waals surface area contributed by atoms with Crippen molar-refractivity contribution in [3.63, 3.8) is 0 Å². The number of nitrogens with one attached hydrogen (secondary N) is 1. The fourth-order valence-electron chi connectivity index (χ4n) is 3.44. The molecule has 2 fully saturated rings. The van der Waals surface area contributed by atoms with Gasteiger partial charge >= 0.3 is 0 Å². The summed E-state index contributed by atoms with van der Waals surface area (Å²) in [4.78, 5) is 14.5. The molecule has 1 saturated heterocycles. The van der Waals surface area contributed by atoms with E-state index in [-0.39, 0.29) is 17.9 Å². The van der Waals surface area contributed by atoms with Crippen molar-refractivity contribution in [2.45, 2.75) is 38.3 Å². The van der Waals surface area contributed by atoms with E-state index >= 15 is 0 Å². The molecule has 1 saturated carbocycles. The molecule has 1 amide bonds. The third-order valence-electron chi connectivity index (χ3n) is 4.70. The quantitative estimate of drug-likeness (QED) is 0.906. The van der Waals surface area contributed by atoms with Crippen molar-refractivity contribution < 1.29 is 9.53 Å². The maximum atomic E-state index is 12.1. The largest absolute Gasteiger partial charge is 0.374 e. The van der Waals surface area contributed by atoms with E-state index in [0.29, 0.717) is 6.54 Å². The summed E-state index contributed by atoms with van der Waals surface area (Å²) < 4.78 is 5.80. The number of carbonyl (C=O) groups excluding carboxylic acids is 1. The molecular formula is C18H26N2O2. The Morgan fingerprint density at radius 3 is 2.77 bits per heavy atom. The fourth-order valence-corrected chi connectivity index (χ4v) is 3.44. The van der Waals surface area contributed by atoms with Gasteiger partial charge in [-0.1, -0.05) is 43.2 Å². The van der Waals surface area contributed by atoms with Gasteiger partial charge in [0.2, 0.25) is 5.91 Å². The zero-order valence-electron chi connectivity index (χ0n) is 13.2. The van der Waals surface area contributed by atoms with Crippen molar-refractivity contribution in [1.29, 1.82) is 0 Å². The number of rotatable bonds is 5. The Morgan fingerprint density at radius 2 is 2.00 bits per heavy atom. The van der Waals surface area contributed by atoms with Crippen LogP contribution in [0.4, 0.5) is 0 Å². The molecular weight excluding hydrogens is 276 g/mol. The molecule has 1 heterocycles. The lowest BCUT2D eigenvalue weighted by atomic mass is 10.1. The van der Waals surface area contributed by atoms with Crippen molar-refractivity contribution in [2.24, 2.45) is 5.92 Å². The van der Waals surface area contributed by atoms with E-state index in [1.54, 1.807) is 0 Å². The van der Waals surface area contributed by atoms with Crippen LogP contribution in [0.5, 0.6) is 0 Å². The predicted octanol–water partition coefficient (Wildman–Crippen LogP) is 2.19. The number of nitrogens with zero attached hydrogens (tertiary/aromatic N) is 1. The topological polar surface area (TPSA) is 41.6 Å². The summed E-state index contributed by atoms with van der Waals surface area (Å²) in [6.45, 7) is 4.19. The van der Waals surface area contributed by atoms with E-state index in [1.165, 1.54) is 18.4 Å². The Bertz CT molecular complexity index is 471. The molecule has 4 heteroatoms. The summed E-state index contributed by atoms with van der Waals surface area (Å²) in [6.07, 6.45) is 4.61. The second-order valence-corrected chi connectivity index (χ2v) is 6.44. The molecule has 1 atom stereocenters. The van der Waals surface area contributed by atoms with Gasteiger partial charge in [0.15, 0.2) is 0 Å². The lowest BCUT2D eigenvalue weighted by Gasteiger charge is -2.33. The highest BCUT2D eigenvalue weighted by Gasteiger charge is 2.25. The van der Waals surface area contributed by atoms with E-state index in [9.17, 15) is 4.79 Å². The molecule has 1 unspecified atom stereocenters. The highest BCUT2D eigenvalue weighted by atomic mass is 16.5. The first-order valence-corrected chi connectivity index (χ1v) is 8.47. The first kappa shape index (κ1) is 15.5. The van der Waals surface area contributed by atoms with Crippen LogP contribution in [-0.2, 0) is 16.1 Å². The van der Waals surface area contributed by atoms with Crippen molar-refractivity contribution in [3.05, 3.63) is 35.9 Å². The molecule has 0 bridgehead atoms. The minimum atomic E-state index is 0.114. The molecule has 0 radical (unpaired) electrons. The van der Waals surface area contributed by atoms with Crippen LogP contribution in [0.3, 0.4) is 0 Å². The third kappa shape index (κ3) is 4.31. The van der Waals surface area contributed by atoms with Crippen molar-refractivity contribution in [1.82, 2.24) is 10.2 Å². The van der Waals surface area contributed by atoms with E-state index < -0.39 is 0 Å². The number of carbonyl (C=O) groups is 1. The monoisotopic (exact) mass is 302 g/mol. The predicted molar refractivity (Wildman–Crippen MR) is 86.4 cm³/mol. The average Bonchev–Trinajstić information content (AvgIpc) is 3.08. The Hall–Kier alpha value is -1.39. The van der Waals surface area contributed by atoms with Crippen molar-refractivity contribution >= 4 is 5.91 Å². The van der Waals surface area contributed by atoms with Gasteiger partial charge in [-0.3, -0.25) is 9.69 Å². The van der Waals surface area contributed by atoms with E-state index in [0.717, 1.165) is 39.1 Å². The van der Waals surface area contributed by atoms with Gasteiger partial charge in [0.25, 0.3) is 0 Å². The lowest BCUT2D eigenvalue weighted by molar-refractivity contribution is -0.126. The van der Waals surface area contributed by atoms with E-state index in [1.807, 2.05) is 6.07 Å². The second-order valence-electron chi connectivity index (χ2n) is 6.44. The Kier molecular flexibility index (Phi) is 5.46. The number of hydrogen-bond donors (Lipinski definition) is 1. The van der Waals surface area contributed by atoms with Gasteiger partial charge in [0.05, 0.1) is 12.7 Å². The minimum absolute atomic E-state index is 0.114. The van der Waals surface area contributed by atoms with Crippen LogP contribution in [0.15, 0.2) is 30.3 Å². The molecule has 4 nitrogen and oxygen atoms in total. The SMILES string of the molecule is O=C(NCC1CN(Cc2ccccc2)CCO1)C1CCCC1. The fraction of sp³-hybridized carbons (Fsp3) is 0.611. The zero-order valence-corrected chi connectivity index (χ0v) is 13.2. The van der Waals surface area contributed by atoms with Gasteiger partial charge in [0.1, 0.15) is 0 Å². The maximum absolute atomic E-state index is 12.1. The summed E-state index contributed by atoms with van der Waals surface area (Å²) >= 11 is 0. The number of morpholine rings is 1. The van der Waals surface area contributed by atoms with Gasteiger partial charge in [0, 0.05) is 32.1 Å². The molecule has 0 aromatic heterocycles. The first-order valence-electron chi connectivity index (χ1n) is 8.47. The summed E-state index contributed by atoms with van der Waals surface area (Å²) in [6, 6.07) is 10.5. The Labute approximate surface area is 132 Å². The molecule has 22 heavy (non-hydrogen) atoms. The van der Waals surface area contributed by atoms with Gasteiger partial charge in [-0.15, -0.1) is 0 Å². The number of hydrogen-bond acceptors (Lipinski definition) is 3. The summed E-state index contributed by atoms with van der Waals surface area (Å²) in [7, 11) is 0. The van der Waals surface area contributed by atoms with Gasteiger partial charge in [-0.05, 0) is 18.4 Å². The second kappa shape index (κ2) is 7.75. The summed E-state index contributed by atoms with van der Waals surface area (Å²) in [5.41, 5.74) is 1.33. The molecule has 0 spiro atoms. The van der Waals surface area contributed by atoms with Crippen LogP contribution in [0.25, 0.3) is 0 Å². The Balaban J connectivity index is 1.43. The summed E-state index contributed by atoms with van der Waals surface area (Å²) in [5.74, 6) is 0.463. The summed E-state index contributed by atoms with van der Waals surface area (Å²) in [5, 5.41) is 3.09. The Morgan fingerprint density at radius 1 is 1.23 bits per heavy atom. The highest BCUT2D eigenvalue weighted by molar-refractivity contribution is 5.78. The van der Waals surface area contributed by atoms with Gasteiger partial charge in [-0.25, -0.2) is 0 Å². The maximum Gasteiger partial charge on any atom is 0.223 e. The standard InChI is InChI=1S/C18H26N2O2/c21-18(16-8-4-5-9-16)19-12-17-14-20(10-11-22-17)13-15-6-2-1-3-7-15/h1-3,6-7,16-17H,4-5,8-14H2,(H,19,21). The third-order valence-corrected chi connectivity index (χ3v) is 4.70. The molecule has 3 rings (SSSR count). The number of amides is 1. The van der Waals surface area contributed by atoms with Crippen molar-refractivity contribution in [3.8, 4) is 0 Å². The zero-order chi connectivity index (χ0) is 15.2. The van der Waals surface area contributed by atoms with Crippen LogP contribution in [0.2, 0.25) is 0 Å².